The number of ether oxygens (including phenoxy) is 3. The highest BCUT2D eigenvalue weighted by Gasteiger charge is 2.48. The fraction of sp³-hybridized carbons (Fsp3) is 0.435. The Morgan fingerprint density at radius 2 is 1.78 bits per heavy atom. The van der Waals surface area contributed by atoms with E-state index in [0.717, 1.165) is 5.56 Å². The summed E-state index contributed by atoms with van der Waals surface area (Å²) in [5.41, 5.74) is 6.67. The monoisotopic (exact) mass is 526 g/mol. The van der Waals surface area contributed by atoms with Crippen molar-refractivity contribution < 1.29 is 47.9 Å². The molecule has 12 nitrogen and oxygen atoms in total. The number of benzene rings is 2. The summed E-state index contributed by atoms with van der Waals surface area (Å²) in [6.07, 6.45) is -5.94. The third-order valence-electron chi connectivity index (χ3n) is 5.40. The summed E-state index contributed by atoms with van der Waals surface area (Å²) in [5.74, 6) is -0.142. The van der Waals surface area contributed by atoms with Gasteiger partial charge >= 0.3 is 13.7 Å². The largest absolute Gasteiger partial charge is 0.497 e. The molecular formula is C23H31N2O10P. The summed E-state index contributed by atoms with van der Waals surface area (Å²) >= 11 is 0. The fourth-order valence-electron chi connectivity index (χ4n) is 3.39. The van der Waals surface area contributed by atoms with Crippen molar-refractivity contribution >= 4 is 13.7 Å². The Morgan fingerprint density at radius 3 is 2.39 bits per heavy atom. The quantitative estimate of drug-likeness (QED) is 0.205. The van der Waals surface area contributed by atoms with Crippen molar-refractivity contribution in [2.24, 2.45) is 5.73 Å². The van der Waals surface area contributed by atoms with Gasteiger partial charge in [0.2, 0.25) is 0 Å². The number of aliphatic hydroxyl groups is 3. The van der Waals surface area contributed by atoms with Gasteiger partial charge in [-0.2, -0.15) is 5.09 Å². The lowest BCUT2D eigenvalue weighted by atomic mass is 9.98. The zero-order chi connectivity index (χ0) is 26.3. The van der Waals surface area contributed by atoms with Crippen molar-refractivity contribution in [3.8, 4) is 11.5 Å². The molecule has 6 N–H and O–H groups in total. The predicted octanol–water partition coefficient (Wildman–Crippen LogP) is 0.687. The molecule has 1 heterocycles. The van der Waals surface area contributed by atoms with Crippen LogP contribution in [0.4, 0.5) is 0 Å². The Morgan fingerprint density at radius 1 is 1.14 bits per heavy atom. The van der Waals surface area contributed by atoms with Crippen molar-refractivity contribution in [2.45, 2.75) is 50.2 Å². The van der Waals surface area contributed by atoms with E-state index in [4.69, 9.17) is 29.0 Å². The van der Waals surface area contributed by atoms with Gasteiger partial charge in [-0.1, -0.05) is 30.3 Å². The molecule has 1 aliphatic heterocycles. The average Bonchev–Trinajstić information content (AvgIpc) is 2.88. The highest BCUT2D eigenvalue weighted by atomic mass is 31.2. The molecule has 198 valence electrons. The average molecular weight is 526 g/mol. The lowest BCUT2D eigenvalue weighted by Gasteiger charge is -2.41. The first-order chi connectivity index (χ1) is 17.2. The van der Waals surface area contributed by atoms with E-state index in [-0.39, 0.29) is 12.4 Å². The molecule has 0 aliphatic carbocycles. The predicted molar refractivity (Wildman–Crippen MR) is 127 cm³/mol. The Kier molecular flexibility index (Phi) is 9.83. The van der Waals surface area contributed by atoms with Crippen LogP contribution in [0.5, 0.6) is 11.5 Å². The number of carbonyl (C=O) groups excluding carboxylic acids is 1. The molecular weight excluding hydrogens is 495 g/mol. The van der Waals surface area contributed by atoms with E-state index in [2.05, 4.69) is 5.09 Å². The highest BCUT2D eigenvalue weighted by Crippen LogP contribution is 2.48. The molecule has 2 aromatic rings. The molecule has 1 saturated heterocycles. The molecule has 0 bridgehead atoms. The van der Waals surface area contributed by atoms with Gasteiger partial charge in [-0.25, -0.2) is 4.57 Å². The second kappa shape index (κ2) is 12.6. The molecule has 7 atom stereocenters. The Labute approximate surface area is 208 Å². The molecule has 0 aromatic heterocycles. The highest BCUT2D eigenvalue weighted by molar-refractivity contribution is 7.52. The van der Waals surface area contributed by atoms with Gasteiger partial charge in [0.05, 0.1) is 19.8 Å². The molecule has 2 aromatic carbocycles. The number of nitrogens with one attached hydrogen (secondary N) is 1. The van der Waals surface area contributed by atoms with E-state index < -0.39 is 57.0 Å². The first kappa shape index (κ1) is 28.0. The fourth-order valence-corrected chi connectivity index (χ4v) is 5.11. The topological polar surface area (TPSA) is 179 Å². The lowest BCUT2D eigenvalue weighted by Crippen LogP contribution is -2.62. The van der Waals surface area contributed by atoms with Crippen molar-refractivity contribution in [1.29, 1.82) is 0 Å². The minimum absolute atomic E-state index is 0.00981. The van der Waals surface area contributed by atoms with Crippen LogP contribution in [0.15, 0.2) is 54.6 Å². The van der Waals surface area contributed by atoms with Gasteiger partial charge in [0.15, 0.2) is 6.29 Å². The van der Waals surface area contributed by atoms with Crippen LogP contribution in [0, 0.1) is 0 Å². The maximum absolute atomic E-state index is 13.8. The Bertz CT molecular complexity index is 1030. The van der Waals surface area contributed by atoms with Crippen LogP contribution >= 0.6 is 7.75 Å². The summed E-state index contributed by atoms with van der Waals surface area (Å²) in [5, 5.41) is 32.6. The first-order valence-corrected chi connectivity index (χ1v) is 12.7. The minimum atomic E-state index is -4.46. The lowest BCUT2D eigenvalue weighted by molar-refractivity contribution is -0.245. The second-order valence-corrected chi connectivity index (χ2v) is 9.74. The van der Waals surface area contributed by atoms with Crippen LogP contribution < -0.4 is 20.1 Å². The standard InChI is InChI=1S/C23H31N2O10P/c1-14(22(28)32-13-15-6-4-3-5-7-15)25-36(30,34-17-10-8-16(31-2)9-11-17)35-21-19(24)23(29)33-18(12-26)20(21)27/h3-11,14,18-21,23,26-27,29H,12-13,24H2,1-2H3,(H,25,30)/t14?,18-,19-,20-,21-,23+,36?/m1/s1. The van der Waals surface area contributed by atoms with Crippen LogP contribution in [-0.4, -0.2) is 71.7 Å². The molecule has 0 amide bonds. The molecule has 0 spiro atoms. The van der Waals surface area contributed by atoms with Gasteiger partial charge in [0.1, 0.15) is 42.5 Å². The molecule has 1 aliphatic rings. The van der Waals surface area contributed by atoms with Crippen molar-refractivity contribution in [3.63, 3.8) is 0 Å². The number of aliphatic hydroxyl groups excluding tert-OH is 3. The number of carbonyl (C=O) groups is 1. The van der Waals surface area contributed by atoms with Crippen LogP contribution in [0.1, 0.15) is 12.5 Å². The number of esters is 1. The van der Waals surface area contributed by atoms with Gasteiger partial charge in [-0.05, 0) is 36.8 Å². The van der Waals surface area contributed by atoms with Crippen molar-refractivity contribution in [3.05, 3.63) is 60.2 Å². The normalized spacial score (nSPS) is 26.4. The number of rotatable bonds is 11. The summed E-state index contributed by atoms with van der Waals surface area (Å²) < 4.78 is 40.5. The van der Waals surface area contributed by atoms with Gasteiger partial charge in [0, 0.05) is 0 Å². The van der Waals surface area contributed by atoms with Gasteiger partial charge in [-0.15, -0.1) is 0 Å². The van der Waals surface area contributed by atoms with E-state index in [0.29, 0.717) is 5.75 Å². The van der Waals surface area contributed by atoms with Gasteiger partial charge in [-0.3, -0.25) is 9.32 Å². The van der Waals surface area contributed by atoms with Crippen LogP contribution in [0.25, 0.3) is 0 Å². The van der Waals surface area contributed by atoms with E-state index in [1.165, 1.54) is 26.2 Å². The van der Waals surface area contributed by atoms with E-state index >= 15 is 0 Å². The first-order valence-electron chi connectivity index (χ1n) is 11.1. The van der Waals surface area contributed by atoms with Crippen molar-refractivity contribution in [1.82, 2.24) is 5.09 Å². The smallest absolute Gasteiger partial charge is 0.459 e. The maximum atomic E-state index is 13.8. The zero-order valence-electron chi connectivity index (χ0n) is 19.8. The Hall–Kier alpha value is -2.54. The maximum Gasteiger partial charge on any atom is 0.459 e. The van der Waals surface area contributed by atoms with Crippen LogP contribution in [0.3, 0.4) is 0 Å². The zero-order valence-corrected chi connectivity index (χ0v) is 20.7. The Balaban J connectivity index is 1.79. The number of methoxy groups -OCH3 is 1. The summed E-state index contributed by atoms with van der Waals surface area (Å²) in [6.45, 7) is 0.723. The molecule has 0 radical (unpaired) electrons. The van der Waals surface area contributed by atoms with E-state index in [9.17, 15) is 24.7 Å². The molecule has 3 rings (SSSR count). The summed E-state index contributed by atoms with van der Waals surface area (Å²) in [4.78, 5) is 12.6. The van der Waals surface area contributed by atoms with Crippen LogP contribution in [0.2, 0.25) is 0 Å². The van der Waals surface area contributed by atoms with E-state index in [1.807, 2.05) is 6.07 Å². The minimum Gasteiger partial charge on any atom is -0.497 e. The number of hydrogen-bond acceptors (Lipinski definition) is 11. The number of nitrogens with two attached hydrogens (primary N) is 1. The third-order valence-corrected chi connectivity index (χ3v) is 7.07. The van der Waals surface area contributed by atoms with Crippen LogP contribution in [-0.2, 0) is 30.0 Å². The van der Waals surface area contributed by atoms with Gasteiger partial charge < -0.3 is 39.8 Å². The molecule has 0 saturated carbocycles. The van der Waals surface area contributed by atoms with Gasteiger partial charge in [0.25, 0.3) is 0 Å². The third kappa shape index (κ3) is 7.25. The van der Waals surface area contributed by atoms with E-state index in [1.54, 1.807) is 36.4 Å². The van der Waals surface area contributed by atoms with Crippen molar-refractivity contribution in [2.75, 3.05) is 13.7 Å². The molecule has 1 fully saturated rings. The molecule has 2 unspecified atom stereocenters. The summed E-state index contributed by atoms with van der Waals surface area (Å²) in [6, 6.07) is 12.5. The second-order valence-electron chi connectivity index (χ2n) is 8.09. The molecule has 13 heteroatoms. The number of hydrogen-bond donors (Lipinski definition) is 5. The molecule has 36 heavy (non-hydrogen) atoms. The SMILES string of the molecule is COc1ccc(OP(=O)(NC(C)C(=O)OCc2ccccc2)O[C@@H]2[C@@H](N)[C@@H](O)O[C@H](CO)[C@H]2O)cc1. The summed E-state index contributed by atoms with van der Waals surface area (Å²) in [7, 11) is -2.98.